The van der Waals surface area contributed by atoms with Crippen LogP contribution in [0.25, 0.3) is 0 Å². The van der Waals surface area contributed by atoms with E-state index in [9.17, 15) is 4.79 Å². The molecule has 0 spiro atoms. The van der Waals surface area contributed by atoms with Crippen molar-refractivity contribution in [3.8, 4) is 0 Å². The van der Waals surface area contributed by atoms with E-state index in [4.69, 9.17) is 0 Å². The van der Waals surface area contributed by atoms with Crippen LogP contribution in [0.3, 0.4) is 0 Å². The van der Waals surface area contributed by atoms with E-state index in [0.717, 1.165) is 25.8 Å². The van der Waals surface area contributed by atoms with Crippen molar-refractivity contribution in [2.75, 3.05) is 6.54 Å². The summed E-state index contributed by atoms with van der Waals surface area (Å²) < 4.78 is 0. The van der Waals surface area contributed by atoms with E-state index >= 15 is 0 Å². The lowest BCUT2D eigenvalue weighted by Crippen LogP contribution is -2.23. The van der Waals surface area contributed by atoms with Crippen molar-refractivity contribution in [3.63, 3.8) is 0 Å². The minimum atomic E-state index is 0.271. The van der Waals surface area contributed by atoms with Crippen LogP contribution in [-0.4, -0.2) is 12.5 Å². The van der Waals surface area contributed by atoms with E-state index in [-0.39, 0.29) is 5.91 Å². The number of hydrogen-bond donors (Lipinski definition) is 1. The van der Waals surface area contributed by atoms with Gasteiger partial charge in [-0.05, 0) is 32.1 Å². The lowest BCUT2D eigenvalue weighted by molar-refractivity contribution is -0.121. The van der Waals surface area contributed by atoms with E-state index in [2.05, 4.69) is 31.3 Å². The molecule has 0 aromatic heterocycles. The zero-order chi connectivity index (χ0) is 24.8. The van der Waals surface area contributed by atoms with E-state index in [1.54, 1.807) is 0 Å². The fourth-order valence-corrected chi connectivity index (χ4v) is 4.65. The standard InChI is InChI=1S/C32H63NO/c1-3-5-7-9-11-13-15-16-17-18-19-21-23-25-27-29-31-33-32(34)30-28-26-24-22-20-14-12-10-8-6-4-2/h7,9H,3-6,8,10-31H2,1-2H3,(H,33,34). The molecule has 0 saturated carbocycles. The van der Waals surface area contributed by atoms with Gasteiger partial charge < -0.3 is 5.32 Å². The number of nitrogens with one attached hydrogen (secondary N) is 1. The number of hydrogen-bond acceptors (Lipinski definition) is 1. The Morgan fingerprint density at radius 1 is 0.471 bits per heavy atom. The zero-order valence-corrected chi connectivity index (χ0v) is 23.7. The molecule has 2 nitrogen and oxygen atoms in total. The lowest BCUT2D eigenvalue weighted by atomic mass is 10.0. The molecule has 202 valence electrons. The number of rotatable bonds is 28. The van der Waals surface area contributed by atoms with Crippen LogP contribution in [0.15, 0.2) is 12.2 Å². The van der Waals surface area contributed by atoms with Gasteiger partial charge in [0.05, 0.1) is 0 Å². The molecular formula is C32H63NO. The van der Waals surface area contributed by atoms with E-state index in [1.807, 2.05) is 0 Å². The molecule has 0 saturated heterocycles. The average Bonchev–Trinajstić information content (AvgIpc) is 2.84. The monoisotopic (exact) mass is 477 g/mol. The Labute approximate surface area is 215 Å². The minimum Gasteiger partial charge on any atom is -0.356 e. The molecule has 34 heavy (non-hydrogen) atoms. The molecule has 0 radical (unpaired) electrons. The maximum atomic E-state index is 11.9. The summed E-state index contributed by atoms with van der Waals surface area (Å²) in [6, 6.07) is 0. The van der Waals surface area contributed by atoms with Crippen molar-refractivity contribution >= 4 is 5.91 Å². The van der Waals surface area contributed by atoms with E-state index in [1.165, 1.54) is 148 Å². The van der Waals surface area contributed by atoms with Crippen molar-refractivity contribution < 1.29 is 4.79 Å². The van der Waals surface area contributed by atoms with Crippen molar-refractivity contribution in [3.05, 3.63) is 12.2 Å². The molecule has 0 atom stereocenters. The summed E-state index contributed by atoms with van der Waals surface area (Å²) in [5.41, 5.74) is 0. The molecule has 0 aliphatic heterocycles. The molecule has 1 amide bonds. The van der Waals surface area contributed by atoms with Crippen molar-refractivity contribution in [1.29, 1.82) is 0 Å². The average molecular weight is 478 g/mol. The van der Waals surface area contributed by atoms with Gasteiger partial charge in [-0.15, -0.1) is 0 Å². The first-order valence-corrected chi connectivity index (χ1v) is 15.7. The highest BCUT2D eigenvalue weighted by atomic mass is 16.1. The van der Waals surface area contributed by atoms with Gasteiger partial charge in [-0.25, -0.2) is 0 Å². The molecule has 0 fully saturated rings. The molecule has 0 aromatic rings. The zero-order valence-electron chi connectivity index (χ0n) is 23.7. The third-order valence-electron chi connectivity index (χ3n) is 7.00. The number of carbonyl (C=O) groups excluding carboxylic acids is 1. The highest BCUT2D eigenvalue weighted by molar-refractivity contribution is 5.75. The van der Waals surface area contributed by atoms with Crippen LogP contribution in [0.4, 0.5) is 0 Å². The Kier molecular flexibility index (Phi) is 29.5. The molecule has 0 aromatic carbocycles. The largest absolute Gasteiger partial charge is 0.356 e. The third-order valence-corrected chi connectivity index (χ3v) is 7.00. The fourth-order valence-electron chi connectivity index (χ4n) is 4.65. The summed E-state index contributed by atoms with van der Waals surface area (Å²) in [5.74, 6) is 0.271. The molecule has 1 N–H and O–H groups in total. The first-order chi connectivity index (χ1) is 16.8. The summed E-state index contributed by atoms with van der Waals surface area (Å²) in [6.07, 6.45) is 38.9. The van der Waals surface area contributed by atoms with Crippen LogP contribution in [0.5, 0.6) is 0 Å². The molecule has 0 heterocycles. The highest BCUT2D eigenvalue weighted by Gasteiger charge is 2.01. The highest BCUT2D eigenvalue weighted by Crippen LogP contribution is 2.13. The van der Waals surface area contributed by atoms with Crippen LogP contribution < -0.4 is 5.32 Å². The Balaban J connectivity index is 3.15. The lowest BCUT2D eigenvalue weighted by Gasteiger charge is -2.06. The molecule has 0 aliphatic rings. The number of amides is 1. The Hall–Kier alpha value is -0.790. The van der Waals surface area contributed by atoms with Gasteiger partial charge in [-0.1, -0.05) is 154 Å². The smallest absolute Gasteiger partial charge is 0.219 e. The topological polar surface area (TPSA) is 29.1 Å². The van der Waals surface area contributed by atoms with Crippen molar-refractivity contribution in [2.45, 2.75) is 181 Å². The fraction of sp³-hybridized carbons (Fsp3) is 0.906. The Bertz CT molecular complexity index is 417. The van der Waals surface area contributed by atoms with E-state index in [0.29, 0.717) is 0 Å². The normalized spacial score (nSPS) is 11.5. The van der Waals surface area contributed by atoms with Crippen LogP contribution in [-0.2, 0) is 4.79 Å². The van der Waals surface area contributed by atoms with Crippen molar-refractivity contribution in [2.24, 2.45) is 0 Å². The summed E-state index contributed by atoms with van der Waals surface area (Å²) in [5, 5.41) is 3.12. The molecule has 0 unspecified atom stereocenters. The van der Waals surface area contributed by atoms with Crippen LogP contribution >= 0.6 is 0 Å². The van der Waals surface area contributed by atoms with Gasteiger partial charge in [0, 0.05) is 13.0 Å². The summed E-state index contributed by atoms with van der Waals surface area (Å²) in [7, 11) is 0. The van der Waals surface area contributed by atoms with Gasteiger partial charge in [-0.3, -0.25) is 4.79 Å². The summed E-state index contributed by atoms with van der Waals surface area (Å²) in [6.45, 7) is 5.40. The predicted molar refractivity (Wildman–Crippen MR) is 154 cm³/mol. The maximum absolute atomic E-state index is 11.9. The SMILES string of the molecule is CCCC=CCCCCCCCCCCCCCNC(=O)CCCCCCCCCCCCC. The van der Waals surface area contributed by atoms with Gasteiger partial charge in [0.25, 0.3) is 0 Å². The van der Waals surface area contributed by atoms with Gasteiger partial charge in [-0.2, -0.15) is 0 Å². The predicted octanol–water partition coefficient (Wildman–Crippen LogP) is 10.8. The maximum Gasteiger partial charge on any atom is 0.219 e. The Morgan fingerprint density at radius 3 is 1.38 bits per heavy atom. The van der Waals surface area contributed by atoms with Gasteiger partial charge in [0.15, 0.2) is 0 Å². The molecule has 2 heteroatoms. The molecule has 0 aliphatic carbocycles. The summed E-state index contributed by atoms with van der Waals surface area (Å²) in [4.78, 5) is 11.9. The summed E-state index contributed by atoms with van der Waals surface area (Å²) >= 11 is 0. The number of allylic oxidation sites excluding steroid dienone is 2. The quantitative estimate of drug-likeness (QED) is 0.0880. The third kappa shape index (κ3) is 29.2. The van der Waals surface area contributed by atoms with Gasteiger partial charge >= 0.3 is 0 Å². The first kappa shape index (κ1) is 33.2. The van der Waals surface area contributed by atoms with Crippen LogP contribution in [0.2, 0.25) is 0 Å². The van der Waals surface area contributed by atoms with Crippen LogP contribution in [0, 0.1) is 0 Å². The van der Waals surface area contributed by atoms with Gasteiger partial charge in [0.1, 0.15) is 0 Å². The Morgan fingerprint density at radius 2 is 0.882 bits per heavy atom. The van der Waals surface area contributed by atoms with Gasteiger partial charge in [0.2, 0.25) is 5.91 Å². The van der Waals surface area contributed by atoms with Crippen molar-refractivity contribution in [1.82, 2.24) is 5.32 Å². The minimum absolute atomic E-state index is 0.271. The van der Waals surface area contributed by atoms with E-state index < -0.39 is 0 Å². The second-order valence-corrected chi connectivity index (χ2v) is 10.6. The number of carbonyl (C=O) groups is 1. The second kappa shape index (κ2) is 30.2. The van der Waals surface area contributed by atoms with Crippen LogP contribution in [0.1, 0.15) is 181 Å². The molecule has 0 rings (SSSR count). The molecular weight excluding hydrogens is 414 g/mol. The number of unbranched alkanes of at least 4 members (excludes halogenated alkanes) is 22. The first-order valence-electron chi connectivity index (χ1n) is 15.7. The molecule has 0 bridgehead atoms. The second-order valence-electron chi connectivity index (χ2n) is 10.6.